The summed E-state index contributed by atoms with van der Waals surface area (Å²) in [6.45, 7) is 5.24. The minimum Gasteiger partial charge on any atom is -0.397 e. The Morgan fingerprint density at radius 1 is 1.59 bits per heavy atom. The lowest BCUT2D eigenvalue weighted by Crippen LogP contribution is -2.34. The van der Waals surface area contributed by atoms with E-state index in [2.05, 4.69) is 13.8 Å². The van der Waals surface area contributed by atoms with Crippen molar-refractivity contribution in [2.24, 2.45) is 5.92 Å². The third-order valence-corrected chi connectivity index (χ3v) is 4.00. The van der Waals surface area contributed by atoms with Gasteiger partial charge in [-0.1, -0.05) is 13.8 Å². The molecule has 1 fully saturated rings. The van der Waals surface area contributed by atoms with E-state index in [1.165, 1.54) is 11.3 Å². The number of thiophene rings is 1. The van der Waals surface area contributed by atoms with E-state index in [-0.39, 0.29) is 5.91 Å². The fourth-order valence-corrected chi connectivity index (χ4v) is 2.63. The highest BCUT2D eigenvalue weighted by Crippen LogP contribution is 2.31. The number of nitrogens with zero attached hydrogens (tertiary/aromatic N) is 1. The SMILES string of the molecule is CC(C)CCN(C(=O)c1sccc1N)C1CC1. The zero-order valence-electron chi connectivity index (χ0n) is 10.5. The maximum atomic E-state index is 12.4. The maximum Gasteiger partial charge on any atom is 0.266 e. The molecule has 0 aliphatic heterocycles. The lowest BCUT2D eigenvalue weighted by Gasteiger charge is -2.23. The van der Waals surface area contributed by atoms with E-state index in [0.717, 1.165) is 25.8 Å². The van der Waals surface area contributed by atoms with E-state index in [9.17, 15) is 4.79 Å². The Balaban J connectivity index is 2.05. The summed E-state index contributed by atoms with van der Waals surface area (Å²) in [5, 5.41) is 1.89. The van der Waals surface area contributed by atoms with Gasteiger partial charge in [0.25, 0.3) is 5.91 Å². The molecule has 1 aliphatic carbocycles. The first-order chi connectivity index (χ1) is 8.09. The zero-order chi connectivity index (χ0) is 12.4. The average Bonchev–Trinajstić information content (AvgIpc) is 3.00. The van der Waals surface area contributed by atoms with Crippen LogP contribution in [-0.4, -0.2) is 23.4 Å². The first kappa shape index (κ1) is 12.4. The summed E-state index contributed by atoms with van der Waals surface area (Å²) in [6.07, 6.45) is 3.36. The summed E-state index contributed by atoms with van der Waals surface area (Å²) in [5.74, 6) is 0.755. The highest BCUT2D eigenvalue weighted by atomic mass is 32.1. The van der Waals surface area contributed by atoms with Gasteiger partial charge in [-0.2, -0.15) is 0 Å². The van der Waals surface area contributed by atoms with E-state index < -0.39 is 0 Å². The highest BCUT2D eigenvalue weighted by Gasteiger charge is 2.33. The van der Waals surface area contributed by atoms with Gasteiger partial charge in [0.2, 0.25) is 0 Å². The second kappa shape index (κ2) is 5.08. The van der Waals surface area contributed by atoms with Crippen LogP contribution in [0.5, 0.6) is 0 Å². The van der Waals surface area contributed by atoms with Gasteiger partial charge >= 0.3 is 0 Å². The molecule has 1 aliphatic rings. The molecule has 0 radical (unpaired) electrons. The molecule has 1 saturated carbocycles. The number of amides is 1. The number of rotatable bonds is 5. The van der Waals surface area contributed by atoms with Crippen LogP contribution >= 0.6 is 11.3 Å². The van der Waals surface area contributed by atoms with Crippen molar-refractivity contribution in [3.63, 3.8) is 0 Å². The van der Waals surface area contributed by atoms with Crippen LogP contribution in [0.4, 0.5) is 5.69 Å². The van der Waals surface area contributed by atoms with E-state index in [1.54, 1.807) is 0 Å². The lowest BCUT2D eigenvalue weighted by atomic mass is 10.1. The molecule has 0 unspecified atom stereocenters. The first-order valence-electron chi connectivity index (χ1n) is 6.23. The second-order valence-corrected chi connectivity index (χ2v) is 6.03. The fourth-order valence-electron chi connectivity index (χ4n) is 1.86. The van der Waals surface area contributed by atoms with Crippen LogP contribution in [0.25, 0.3) is 0 Å². The van der Waals surface area contributed by atoms with Gasteiger partial charge < -0.3 is 10.6 Å². The Morgan fingerprint density at radius 3 is 2.76 bits per heavy atom. The molecule has 4 heteroatoms. The lowest BCUT2D eigenvalue weighted by molar-refractivity contribution is 0.0741. The Labute approximate surface area is 107 Å². The van der Waals surface area contributed by atoms with Crippen molar-refractivity contribution in [3.05, 3.63) is 16.3 Å². The van der Waals surface area contributed by atoms with E-state index in [4.69, 9.17) is 5.73 Å². The summed E-state index contributed by atoms with van der Waals surface area (Å²) >= 11 is 1.45. The van der Waals surface area contributed by atoms with Crippen molar-refractivity contribution in [2.75, 3.05) is 12.3 Å². The zero-order valence-corrected chi connectivity index (χ0v) is 11.3. The van der Waals surface area contributed by atoms with Crippen LogP contribution in [0.15, 0.2) is 11.4 Å². The fraction of sp³-hybridized carbons (Fsp3) is 0.615. The topological polar surface area (TPSA) is 46.3 Å². The van der Waals surface area contributed by atoms with Gasteiger partial charge in [0.1, 0.15) is 4.88 Å². The van der Waals surface area contributed by atoms with Crippen LogP contribution in [0.1, 0.15) is 42.8 Å². The normalized spacial score (nSPS) is 15.2. The molecule has 94 valence electrons. The number of nitrogens with two attached hydrogens (primary N) is 1. The summed E-state index contributed by atoms with van der Waals surface area (Å²) in [6, 6.07) is 2.27. The summed E-state index contributed by atoms with van der Waals surface area (Å²) < 4.78 is 0. The monoisotopic (exact) mass is 252 g/mol. The summed E-state index contributed by atoms with van der Waals surface area (Å²) in [5.41, 5.74) is 6.44. The Morgan fingerprint density at radius 2 is 2.29 bits per heavy atom. The van der Waals surface area contributed by atoms with Crippen LogP contribution in [-0.2, 0) is 0 Å². The third kappa shape index (κ3) is 3.00. The van der Waals surface area contributed by atoms with Gasteiger partial charge in [0.15, 0.2) is 0 Å². The molecule has 0 aromatic carbocycles. The standard InChI is InChI=1S/C13H20N2OS/c1-9(2)5-7-15(10-3-4-10)13(16)12-11(14)6-8-17-12/h6,8-10H,3-5,7,14H2,1-2H3. The Kier molecular flexibility index (Phi) is 3.72. The molecule has 0 spiro atoms. The highest BCUT2D eigenvalue weighted by molar-refractivity contribution is 7.12. The molecule has 0 atom stereocenters. The molecular weight excluding hydrogens is 232 g/mol. The van der Waals surface area contributed by atoms with E-state index in [1.807, 2.05) is 16.3 Å². The molecule has 0 bridgehead atoms. The predicted octanol–water partition coefficient (Wildman–Crippen LogP) is 2.98. The van der Waals surface area contributed by atoms with Crippen molar-refractivity contribution in [3.8, 4) is 0 Å². The van der Waals surface area contributed by atoms with Crippen molar-refractivity contribution in [2.45, 2.75) is 39.2 Å². The van der Waals surface area contributed by atoms with Crippen molar-refractivity contribution in [1.29, 1.82) is 0 Å². The largest absolute Gasteiger partial charge is 0.397 e. The van der Waals surface area contributed by atoms with Gasteiger partial charge in [-0.25, -0.2) is 0 Å². The van der Waals surface area contributed by atoms with E-state index >= 15 is 0 Å². The Bertz CT molecular complexity index is 396. The van der Waals surface area contributed by atoms with Gasteiger partial charge in [-0.05, 0) is 36.6 Å². The molecule has 0 saturated heterocycles. The molecule has 2 rings (SSSR count). The van der Waals surface area contributed by atoms with Crippen LogP contribution in [0, 0.1) is 5.92 Å². The molecule has 1 aromatic heterocycles. The van der Waals surface area contributed by atoms with Crippen molar-refractivity contribution in [1.82, 2.24) is 4.90 Å². The minimum absolute atomic E-state index is 0.126. The number of carbonyl (C=O) groups is 1. The average molecular weight is 252 g/mol. The smallest absolute Gasteiger partial charge is 0.266 e. The van der Waals surface area contributed by atoms with Gasteiger partial charge in [0.05, 0.1) is 5.69 Å². The number of hydrogen-bond donors (Lipinski definition) is 1. The number of carbonyl (C=O) groups excluding carboxylic acids is 1. The van der Waals surface area contributed by atoms with Crippen LogP contribution in [0.3, 0.4) is 0 Å². The molecule has 2 N–H and O–H groups in total. The van der Waals surface area contributed by atoms with Crippen LogP contribution < -0.4 is 5.73 Å². The Hall–Kier alpha value is -1.03. The van der Waals surface area contributed by atoms with Gasteiger partial charge in [0, 0.05) is 12.6 Å². The van der Waals surface area contributed by atoms with Gasteiger partial charge in [-0.15, -0.1) is 11.3 Å². The number of anilines is 1. The van der Waals surface area contributed by atoms with Crippen molar-refractivity contribution < 1.29 is 4.79 Å². The predicted molar refractivity (Wildman–Crippen MR) is 72.2 cm³/mol. The molecule has 17 heavy (non-hydrogen) atoms. The van der Waals surface area contributed by atoms with Gasteiger partial charge in [-0.3, -0.25) is 4.79 Å². The molecule has 1 heterocycles. The maximum absolute atomic E-state index is 12.4. The number of nitrogen functional groups attached to an aromatic ring is 1. The quantitative estimate of drug-likeness (QED) is 0.875. The molecule has 1 amide bonds. The molecule has 1 aromatic rings. The van der Waals surface area contributed by atoms with E-state index in [0.29, 0.717) is 22.5 Å². The molecule has 3 nitrogen and oxygen atoms in total. The third-order valence-electron chi connectivity index (χ3n) is 3.09. The van der Waals surface area contributed by atoms with Crippen molar-refractivity contribution >= 4 is 22.9 Å². The minimum atomic E-state index is 0.126. The number of hydrogen-bond acceptors (Lipinski definition) is 3. The van der Waals surface area contributed by atoms with Crippen LogP contribution in [0.2, 0.25) is 0 Å². The molecular formula is C13H20N2OS. The summed E-state index contributed by atoms with van der Waals surface area (Å²) in [7, 11) is 0. The second-order valence-electron chi connectivity index (χ2n) is 5.12. The first-order valence-corrected chi connectivity index (χ1v) is 7.11. The summed E-state index contributed by atoms with van der Waals surface area (Å²) in [4.78, 5) is 15.1.